The highest BCUT2D eigenvalue weighted by Crippen LogP contribution is 2.38. The summed E-state index contributed by atoms with van der Waals surface area (Å²) in [6, 6.07) is 14.0. The Morgan fingerprint density at radius 1 is 0.944 bits per heavy atom. The maximum atomic E-state index is 14.9. The molecule has 2 fully saturated rings. The van der Waals surface area contributed by atoms with E-state index in [4.69, 9.17) is 9.47 Å². The Hall–Kier alpha value is -3.38. The maximum Gasteiger partial charge on any atom is 0.346 e. The maximum absolute atomic E-state index is 14.9. The summed E-state index contributed by atoms with van der Waals surface area (Å²) in [7, 11) is 0. The highest BCUT2D eigenvalue weighted by Gasteiger charge is 2.28. The molecule has 2 aliphatic rings. The van der Waals surface area contributed by atoms with Crippen LogP contribution < -0.4 is 4.74 Å². The number of halogens is 3. The Balaban J connectivity index is 1.27. The summed E-state index contributed by atoms with van der Waals surface area (Å²) < 4.78 is 54.8. The van der Waals surface area contributed by atoms with Crippen molar-refractivity contribution in [3.8, 4) is 16.9 Å². The lowest BCUT2D eigenvalue weighted by molar-refractivity contribution is 0.0728. The first-order valence-corrected chi connectivity index (χ1v) is 12.3. The van der Waals surface area contributed by atoms with Crippen molar-refractivity contribution in [2.45, 2.75) is 44.6 Å². The highest BCUT2D eigenvalue weighted by molar-refractivity contribution is 5.91. The molecule has 186 valence electrons. The third-order valence-electron chi connectivity index (χ3n) is 7.08. The van der Waals surface area contributed by atoms with Gasteiger partial charge in [0, 0.05) is 5.56 Å². The van der Waals surface area contributed by atoms with Crippen LogP contribution in [0.15, 0.2) is 66.7 Å². The van der Waals surface area contributed by atoms with Crippen molar-refractivity contribution in [2.24, 2.45) is 5.92 Å². The second-order valence-corrected chi connectivity index (χ2v) is 9.44. The Bertz CT molecular complexity index is 1290. The minimum Gasteiger partial charge on any atom is -0.423 e. The number of epoxide rings is 1. The molecule has 1 aliphatic heterocycles. The quantitative estimate of drug-likeness (QED) is 0.152. The summed E-state index contributed by atoms with van der Waals surface area (Å²) in [5.74, 6) is -2.96. The van der Waals surface area contributed by atoms with Crippen LogP contribution in [0.1, 0.15) is 66.1 Å². The van der Waals surface area contributed by atoms with E-state index in [0.717, 1.165) is 31.2 Å². The number of carbonyl (C=O) groups is 1. The number of esters is 1. The van der Waals surface area contributed by atoms with Gasteiger partial charge in [0.2, 0.25) is 0 Å². The van der Waals surface area contributed by atoms with Crippen LogP contribution in [0.5, 0.6) is 5.75 Å². The van der Waals surface area contributed by atoms with Crippen molar-refractivity contribution in [3.05, 3.63) is 101 Å². The molecule has 3 aromatic rings. The van der Waals surface area contributed by atoms with Crippen LogP contribution in [0.3, 0.4) is 0 Å². The zero-order valence-electron chi connectivity index (χ0n) is 20.0. The van der Waals surface area contributed by atoms with Gasteiger partial charge in [-0.1, -0.05) is 42.5 Å². The SMILES string of the molecule is C/C=C/C1CCC(c2ccc(C(=O)Oc3ccc(-c4ccc(C5CO5)cc4F)cc3)c(F)c2F)CC1. The number of carbonyl (C=O) groups excluding carboxylic acids is 1. The van der Waals surface area contributed by atoms with Gasteiger partial charge in [0.1, 0.15) is 17.7 Å². The molecule has 1 atom stereocenters. The van der Waals surface area contributed by atoms with Gasteiger partial charge in [0.15, 0.2) is 11.6 Å². The van der Waals surface area contributed by atoms with Gasteiger partial charge in [0.25, 0.3) is 0 Å². The molecular formula is C30H27F3O3. The molecule has 1 unspecified atom stereocenters. The second-order valence-electron chi connectivity index (χ2n) is 9.44. The molecule has 1 saturated heterocycles. The number of allylic oxidation sites excluding steroid dienone is 2. The van der Waals surface area contributed by atoms with Gasteiger partial charge < -0.3 is 9.47 Å². The van der Waals surface area contributed by atoms with E-state index in [1.54, 1.807) is 18.2 Å². The molecule has 1 saturated carbocycles. The van der Waals surface area contributed by atoms with Gasteiger partial charge in [-0.05, 0) is 85.4 Å². The van der Waals surface area contributed by atoms with Crippen molar-refractivity contribution in [3.63, 3.8) is 0 Å². The Kier molecular flexibility index (Phi) is 6.97. The molecule has 0 aromatic heterocycles. The van der Waals surface area contributed by atoms with Crippen LogP contribution in [-0.4, -0.2) is 12.6 Å². The fraction of sp³-hybridized carbons (Fsp3) is 0.300. The van der Waals surface area contributed by atoms with Crippen molar-refractivity contribution in [1.29, 1.82) is 0 Å². The first kappa shape index (κ1) is 24.3. The first-order chi connectivity index (χ1) is 17.4. The van der Waals surface area contributed by atoms with Crippen LogP contribution in [0, 0.1) is 23.4 Å². The Labute approximate surface area is 208 Å². The third-order valence-corrected chi connectivity index (χ3v) is 7.08. The third kappa shape index (κ3) is 5.09. The first-order valence-electron chi connectivity index (χ1n) is 12.3. The van der Waals surface area contributed by atoms with E-state index in [1.807, 2.05) is 19.1 Å². The molecule has 1 heterocycles. The fourth-order valence-corrected chi connectivity index (χ4v) is 5.00. The van der Waals surface area contributed by atoms with E-state index in [1.165, 1.54) is 30.3 Å². The predicted molar refractivity (Wildman–Crippen MR) is 131 cm³/mol. The lowest BCUT2D eigenvalue weighted by Crippen LogP contribution is -2.16. The van der Waals surface area contributed by atoms with E-state index in [2.05, 4.69) is 6.08 Å². The molecule has 3 nitrogen and oxygen atoms in total. The monoisotopic (exact) mass is 492 g/mol. The molecule has 0 spiro atoms. The normalized spacial score (nSPS) is 21.5. The van der Waals surface area contributed by atoms with Crippen LogP contribution >= 0.6 is 0 Å². The van der Waals surface area contributed by atoms with E-state index in [9.17, 15) is 18.0 Å². The Morgan fingerprint density at radius 3 is 2.31 bits per heavy atom. The highest BCUT2D eigenvalue weighted by atomic mass is 19.2. The molecule has 0 bridgehead atoms. The lowest BCUT2D eigenvalue weighted by atomic mass is 9.78. The van der Waals surface area contributed by atoms with Crippen LogP contribution in [0.2, 0.25) is 0 Å². The topological polar surface area (TPSA) is 38.8 Å². The molecular weight excluding hydrogens is 465 g/mol. The van der Waals surface area contributed by atoms with Crippen molar-refractivity contribution in [2.75, 3.05) is 6.61 Å². The number of rotatable bonds is 6. The van der Waals surface area contributed by atoms with Gasteiger partial charge >= 0.3 is 5.97 Å². The summed E-state index contributed by atoms with van der Waals surface area (Å²) in [4.78, 5) is 12.6. The van der Waals surface area contributed by atoms with Crippen molar-refractivity contribution in [1.82, 2.24) is 0 Å². The van der Waals surface area contributed by atoms with Gasteiger partial charge in [-0.3, -0.25) is 0 Å². The number of benzene rings is 3. The molecule has 5 rings (SSSR count). The number of ether oxygens (including phenoxy) is 2. The van der Waals surface area contributed by atoms with Gasteiger partial charge in [-0.2, -0.15) is 0 Å². The van der Waals surface area contributed by atoms with Gasteiger partial charge in [-0.25, -0.2) is 18.0 Å². The molecule has 0 radical (unpaired) electrons. The van der Waals surface area contributed by atoms with Crippen LogP contribution in [-0.2, 0) is 4.74 Å². The van der Waals surface area contributed by atoms with E-state index < -0.39 is 23.2 Å². The summed E-state index contributed by atoms with van der Waals surface area (Å²) in [6.07, 6.45) is 7.57. The standard InChI is InChI=1S/C30H27F3O3/c1-2-3-18-4-6-20(7-5-18)24-14-15-25(29(33)28(24)32)30(34)36-22-11-8-19(9-12-22)23-13-10-21(16-26(23)31)27-17-35-27/h2-3,8-16,18,20,27H,4-7,17H2,1H3/b3-2+. The molecule has 36 heavy (non-hydrogen) atoms. The fourth-order valence-electron chi connectivity index (χ4n) is 5.00. The zero-order chi connectivity index (χ0) is 25.2. The van der Waals surface area contributed by atoms with E-state index >= 15 is 0 Å². The van der Waals surface area contributed by atoms with Crippen molar-refractivity contribution < 1.29 is 27.4 Å². The largest absolute Gasteiger partial charge is 0.423 e. The van der Waals surface area contributed by atoms with Crippen LogP contribution in [0.4, 0.5) is 13.2 Å². The minimum absolute atomic E-state index is 0.0344. The molecule has 1 aliphatic carbocycles. The van der Waals surface area contributed by atoms with Gasteiger partial charge in [-0.15, -0.1) is 0 Å². The number of hydrogen-bond donors (Lipinski definition) is 0. The summed E-state index contributed by atoms with van der Waals surface area (Å²) in [5.41, 5.74) is 1.66. The zero-order valence-corrected chi connectivity index (χ0v) is 20.0. The van der Waals surface area contributed by atoms with E-state index in [0.29, 0.717) is 29.2 Å². The average molecular weight is 493 g/mol. The van der Waals surface area contributed by atoms with Gasteiger partial charge in [0.05, 0.1) is 12.2 Å². The number of hydrogen-bond acceptors (Lipinski definition) is 3. The predicted octanol–water partition coefficient (Wildman–Crippen LogP) is 7.91. The van der Waals surface area contributed by atoms with Crippen LogP contribution in [0.25, 0.3) is 11.1 Å². The Morgan fingerprint density at radius 2 is 1.67 bits per heavy atom. The minimum atomic E-state index is -1.19. The smallest absolute Gasteiger partial charge is 0.346 e. The molecule has 0 N–H and O–H groups in total. The van der Waals surface area contributed by atoms with E-state index in [-0.39, 0.29) is 23.6 Å². The molecule has 0 amide bonds. The second kappa shape index (κ2) is 10.3. The summed E-state index contributed by atoms with van der Waals surface area (Å²) in [6.45, 7) is 2.58. The molecule has 3 aromatic carbocycles. The average Bonchev–Trinajstić information content (AvgIpc) is 3.73. The molecule has 6 heteroatoms. The summed E-state index contributed by atoms with van der Waals surface area (Å²) >= 11 is 0. The summed E-state index contributed by atoms with van der Waals surface area (Å²) in [5, 5.41) is 0. The lowest BCUT2D eigenvalue weighted by Gasteiger charge is -2.27. The van der Waals surface area contributed by atoms with Crippen molar-refractivity contribution >= 4 is 5.97 Å².